The predicted octanol–water partition coefficient (Wildman–Crippen LogP) is 4.98. The first kappa shape index (κ1) is 24.8. The van der Waals surface area contributed by atoms with Crippen molar-refractivity contribution in [2.75, 3.05) is 39.8 Å². The monoisotopic (exact) mass is 477 g/mol. The van der Waals surface area contributed by atoms with Crippen LogP contribution in [0.25, 0.3) is 0 Å². The van der Waals surface area contributed by atoms with Gasteiger partial charge in [0.05, 0.1) is 13.2 Å². The van der Waals surface area contributed by atoms with Crippen LogP contribution in [0, 0.1) is 0 Å². The number of piperidine rings is 1. The second-order valence-electron chi connectivity index (χ2n) is 9.09. The van der Waals surface area contributed by atoms with E-state index in [9.17, 15) is 13.2 Å². The zero-order chi connectivity index (χ0) is 24.0. The van der Waals surface area contributed by atoms with E-state index in [-0.39, 0.29) is 17.8 Å². The van der Waals surface area contributed by atoms with Gasteiger partial charge in [-0.05, 0) is 69.1 Å². The number of methoxy groups -OCH3 is 1. The van der Waals surface area contributed by atoms with Crippen LogP contribution in [-0.4, -0.2) is 62.0 Å². The maximum Gasteiger partial charge on any atom is 0.573 e. The van der Waals surface area contributed by atoms with Crippen molar-refractivity contribution < 1.29 is 22.6 Å². The van der Waals surface area contributed by atoms with Gasteiger partial charge in [-0.1, -0.05) is 30.3 Å². The van der Waals surface area contributed by atoms with Crippen LogP contribution in [0.15, 0.2) is 48.5 Å². The van der Waals surface area contributed by atoms with Crippen LogP contribution in [0.5, 0.6) is 11.5 Å². The van der Waals surface area contributed by atoms with Crippen molar-refractivity contribution in [1.82, 2.24) is 15.1 Å². The molecule has 5 nitrogen and oxygen atoms in total. The molecule has 186 valence electrons. The number of halogens is 3. The van der Waals surface area contributed by atoms with Crippen LogP contribution in [0.2, 0.25) is 0 Å². The van der Waals surface area contributed by atoms with Gasteiger partial charge in [0.25, 0.3) is 0 Å². The lowest BCUT2D eigenvalue weighted by atomic mass is 9.90. The fourth-order valence-corrected chi connectivity index (χ4v) is 5.23. The SMILES string of the molecule is COc1ccc(OC(F)(F)F)cc1CNC1CCCN(CCN2CCCC2)C1c1ccccc1. The normalized spacial score (nSPS) is 22.1. The lowest BCUT2D eigenvalue weighted by molar-refractivity contribution is -0.274. The molecule has 0 saturated carbocycles. The standard InChI is InChI=1S/C26H34F3N3O2/c1-33-24-12-11-22(34-26(27,28)29)18-21(24)19-30-23-10-7-15-32(17-16-31-13-5-6-14-31)25(23)20-8-3-2-4-9-20/h2-4,8-9,11-12,18,23,25,30H,5-7,10,13-17,19H2,1H3. The molecule has 0 amide bonds. The Balaban J connectivity index is 1.49. The molecule has 2 fully saturated rings. The van der Waals surface area contributed by atoms with Crippen molar-refractivity contribution in [2.24, 2.45) is 0 Å². The van der Waals surface area contributed by atoms with E-state index in [0.29, 0.717) is 17.9 Å². The number of likely N-dealkylation sites (tertiary alicyclic amines) is 2. The fraction of sp³-hybridized carbons (Fsp3) is 0.538. The van der Waals surface area contributed by atoms with E-state index >= 15 is 0 Å². The highest BCUT2D eigenvalue weighted by molar-refractivity contribution is 5.40. The van der Waals surface area contributed by atoms with Crippen molar-refractivity contribution in [3.63, 3.8) is 0 Å². The minimum atomic E-state index is -4.73. The van der Waals surface area contributed by atoms with Crippen LogP contribution >= 0.6 is 0 Å². The third-order valence-electron chi connectivity index (χ3n) is 6.82. The van der Waals surface area contributed by atoms with E-state index < -0.39 is 6.36 Å². The number of nitrogens with zero attached hydrogens (tertiary/aromatic N) is 2. The molecule has 1 N–H and O–H groups in total. The fourth-order valence-electron chi connectivity index (χ4n) is 5.23. The molecule has 2 saturated heterocycles. The molecule has 2 aromatic carbocycles. The molecule has 34 heavy (non-hydrogen) atoms. The summed E-state index contributed by atoms with van der Waals surface area (Å²) in [6.45, 7) is 5.88. The van der Waals surface area contributed by atoms with Gasteiger partial charge in [0, 0.05) is 31.2 Å². The molecule has 0 aliphatic carbocycles. The van der Waals surface area contributed by atoms with E-state index in [1.165, 1.54) is 56.8 Å². The van der Waals surface area contributed by atoms with Crippen molar-refractivity contribution in [2.45, 2.75) is 50.7 Å². The summed E-state index contributed by atoms with van der Waals surface area (Å²) in [5, 5.41) is 3.64. The first-order valence-electron chi connectivity index (χ1n) is 12.1. The molecule has 2 unspecified atom stereocenters. The van der Waals surface area contributed by atoms with Crippen LogP contribution in [-0.2, 0) is 6.54 Å². The molecule has 8 heteroatoms. The summed E-state index contributed by atoms with van der Waals surface area (Å²) in [7, 11) is 1.52. The van der Waals surface area contributed by atoms with Crippen molar-refractivity contribution in [3.05, 3.63) is 59.7 Å². The van der Waals surface area contributed by atoms with Gasteiger partial charge < -0.3 is 19.7 Å². The Morgan fingerprint density at radius 3 is 2.44 bits per heavy atom. The molecule has 4 rings (SSSR count). The van der Waals surface area contributed by atoms with Crippen molar-refractivity contribution in [1.29, 1.82) is 0 Å². The Bertz CT molecular complexity index is 904. The molecule has 2 aliphatic heterocycles. The molecule has 2 aromatic rings. The highest BCUT2D eigenvalue weighted by Gasteiger charge is 2.33. The number of rotatable bonds is 9. The van der Waals surface area contributed by atoms with Crippen LogP contribution < -0.4 is 14.8 Å². The second kappa shape index (κ2) is 11.4. The predicted molar refractivity (Wildman–Crippen MR) is 126 cm³/mol. The van der Waals surface area contributed by atoms with E-state index in [0.717, 1.165) is 32.5 Å². The molecule has 2 atom stereocenters. The van der Waals surface area contributed by atoms with Gasteiger partial charge in [-0.3, -0.25) is 4.90 Å². The lowest BCUT2D eigenvalue weighted by Gasteiger charge is -2.43. The van der Waals surface area contributed by atoms with Crippen LogP contribution in [0.3, 0.4) is 0 Å². The number of hydrogen-bond acceptors (Lipinski definition) is 5. The van der Waals surface area contributed by atoms with Gasteiger partial charge in [0.2, 0.25) is 0 Å². The van der Waals surface area contributed by atoms with Gasteiger partial charge in [-0.15, -0.1) is 13.2 Å². The Hall–Kier alpha value is -2.29. The quantitative estimate of drug-likeness (QED) is 0.551. The van der Waals surface area contributed by atoms with E-state index in [4.69, 9.17) is 4.74 Å². The molecule has 0 bridgehead atoms. The van der Waals surface area contributed by atoms with E-state index in [1.54, 1.807) is 0 Å². The topological polar surface area (TPSA) is 37.0 Å². The van der Waals surface area contributed by atoms with E-state index in [2.05, 4.69) is 44.1 Å². The molecule has 0 radical (unpaired) electrons. The van der Waals surface area contributed by atoms with Gasteiger partial charge in [0.15, 0.2) is 0 Å². The molecule has 2 aliphatic rings. The maximum atomic E-state index is 12.7. The second-order valence-corrected chi connectivity index (χ2v) is 9.09. The summed E-state index contributed by atoms with van der Waals surface area (Å²) in [6, 6.07) is 15.1. The Kier molecular flexibility index (Phi) is 8.34. The Labute approximate surface area is 199 Å². The average molecular weight is 478 g/mol. The number of nitrogens with one attached hydrogen (secondary N) is 1. The minimum absolute atomic E-state index is 0.173. The van der Waals surface area contributed by atoms with Gasteiger partial charge >= 0.3 is 6.36 Å². The lowest BCUT2D eigenvalue weighted by Crippen LogP contribution is -2.49. The summed E-state index contributed by atoms with van der Waals surface area (Å²) in [5.41, 5.74) is 1.91. The summed E-state index contributed by atoms with van der Waals surface area (Å²) in [5.74, 6) is 0.306. The Morgan fingerprint density at radius 1 is 0.971 bits per heavy atom. The zero-order valence-electron chi connectivity index (χ0n) is 19.7. The summed E-state index contributed by atoms with van der Waals surface area (Å²) < 4.78 is 47.7. The molecular formula is C26H34F3N3O2. The Morgan fingerprint density at radius 2 is 1.74 bits per heavy atom. The molecule has 0 spiro atoms. The smallest absolute Gasteiger partial charge is 0.496 e. The highest BCUT2D eigenvalue weighted by atomic mass is 19.4. The number of hydrogen-bond donors (Lipinski definition) is 1. The summed E-state index contributed by atoms with van der Waals surface area (Å²) >= 11 is 0. The number of alkyl halides is 3. The van der Waals surface area contributed by atoms with Crippen molar-refractivity contribution in [3.8, 4) is 11.5 Å². The van der Waals surface area contributed by atoms with Crippen LogP contribution in [0.1, 0.15) is 42.9 Å². The van der Waals surface area contributed by atoms with Gasteiger partial charge in [0.1, 0.15) is 11.5 Å². The third kappa shape index (κ3) is 6.64. The highest BCUT2D eigenvalue weighted by Crippen LogP contribution is 2.33. The van der Waals surface area contributed by atoms with Gasteiger partial charge in [-0.25, -0.2) is 0 Å². The summed E-state index contributed by atoms with van der Waals surface area (Å²) in [4.78, 5) is 5.10. The molecule has 2 heterocycles. The molecule has 0 aromatic heterocycles. The number of benzene rings is 2. The first-order chi connectivity index (χ1) is 16.4. The average Bonchev–Trinajstić information content (AvgIpc) is 3.35. The minimum Gasteiger partial charge on any atom is -0.496 e. The van der Waals surface area contributed by atoms with Crippen molar-refractivity contribution >= 4 is 0 Å². The van der Waals surface area contributed by atoms with Crippen LogP contribution in [0.4, 0.5) is 13.2 Å². The summed E-state index contributed by atoms with van der Waals surface area (Å²) in [6.07, 6.45) is -0.0798. The molecular weight excluding hydrogens is 443 g/mol. The maximum absolute atomic E-state index is 12.7. The third-order valence-corrected chi connectivity index (χ3v) is 6.82. The number of ether oxygens (including phenoxy) is 2. The largest absolute Gasteiger partial charge is 0.573 e. The van der Waals surface area contributed by atoms with E-state index in [1.807, 2.05) is 6.07 Å². The van der Waals surface area contributed by atoms with Gasteiger partial charge in [-0.2, -0.15) is 0 Å². The zero-order valence-corrected chi connectivity index (χ0v) is 19.7. The first-order valence-corrected chi connectivity index (χ1v) is 12.1.